The molecule has 0 fully saturated rings. The number of amides is 1. The van der Waals surface area contributed by atoms with Gasteiger partial charge in [0.1, 0.15) is 0 Å². The van der Waals surface area contributed by atoms with Crippen LogP contribution in [0.15, 0.2) is 22.6 Å². The van der Waals surface area contributed by atoms with Crippen molar-refractivity contribution in [1.29, 1.82) is 0 Å². The van der Waals surface area contributed by atoms with Gasteiger partial charge in [0.25, 0.3) is 5.91 Å². The summed E-state index contributed by atoms with van der Waals surface area (Å²) in [5, 5.41) is 2.90. The molecule has 20 heavy (non-hydrogen) atoms. The van der Waals surface area contributed by atoms with Gasteiger partial charge in [-0.05, 0) is 37.0 Å². The number of anilines is 1. The van der Waals surface area contributed by atoms with Gasteiger partial charge in [-0.2, -0.15) is 0 Å². The molecule has 0 radical (unpaired) electrons. The molecule has 0 unspecified atom stereocenters. The Labute approximate surface area is 119 Å². The zero-order chi connectivity index (χ0) is 14.9. The molecular weight excluding hydrogens is 252 g/mol. The van der Waals surface area contributed by atoms with Crippen LogP contribution in [0.2, 0.25) is 0 Å². The summed E-state index contributed by atoms with van der Waals surface area (Å²) in [6.07, 6.45) is 0. The summed E-state index contributed by atoms with van der Waals surface area (Å²) in [6, 6.07) is 5.95. The van der Waals surface area contributed by atoms with E-state index in [0.717, 1.165) is 16.8 Å². The van der Waals surface area contributed by atoms with Gasteiger partial charge in [0.2, 0.25) is 5.76 Å². The van der Waals surface area contributed by atoms with Crippen molar-refractivity contribution in [2.24, 2.45) is 0 Å². The van der Waals surface area contributed by atoms with Crippen molar-refractivity contribution in [2.45, 2.75) is 40.5 Å². The van der Waals surface area contributed by atoms with E-state index in [0.29, 0.717) is 17.3 Å². The Morgan fingerprint density at radius 1 is 1.25 bits per heavy atom. The predicted octanol–water partition coefficient (Wildman–Crippen LogP) is 3.98. The third kappa shape index (κ3) is 2.90. The Kier molecular flexibility index (Phi) is 3.93. The van der Waals surface area contributed by atoms with E-state index in [2.05, 4.69) is 10.3 Å². The standard InChI is InChI=1S/C16H20N2O2/c1-9(2)14-15(20-12(5)17-14)16(19)18-13-8-10(3)6-7-11(13)4/h6-9H,1-5H3,(H,18,19). The molecule has 1 aromatic carbocycles. The molecule has 0 atom stereocenters. The van der Waals surface area contributed by atoms with Crippen LogP contribution in [-0.2, 0) is 0 Å². The van der Waals surface area contributed by atoms with Crippen molar-refractivity contribution in [3.8, 4) is 0 Å². The molecule has 4 nitrogen and oxygen atoms in total. The SMILES string of the molecule is Cc1ccc(C)c(NC(=O)c2oc(C)nc2C(C)C)c1. The van der Waals surface area contributed by atoms with Gasteiger partial charge in [-0.1, -0.05) is 26.0 Å². The van der Waals surface area contributed by atoms with Gasteiger partial charge < -0.3 is 9.73 Å². The lowest BCUT2D eigenvalue weighted by Gasteiger charge is -2.09. The fraction of sp³-hybridized carbons (Fsp3) is 0.375. The fourth-order valence-electron chi connectivity index (χ4n) is 2.05. The first-order valence-electron chi connectivity index (χ1n) is 6.74. The van der Waals surface area contributed by atoms with Gasteiger partial charge in [-0.3, -0.25) is 4.79 Å². The largest absolute Gasteiger partial charge is 0.436 e. The molecule has 2 rings (SSSR count). The molecule has 0 bridgehead atoms. The fourth-order valence-corrected chi connectivity index (χ4v) is 2.05. The molecule has 0 spiro atoms. The van der Waals surface area contributed by atoms with Crippen LogP contribution in [0.5, 0.6) is 0 Å². The monoisotopic (exact) mass is 272 g/mol. The maximum atomic E-state index is 12.4. The average molecular weight is 272 g/mol. The zero-order valence-corrected chi connectivity index (χ0v) is 12.6. The van der Waals surface area contributed by atoms with Crippen LogP contribution in [0, 0.1) is 20.8 Å². The van der Waals surface area contributed by atoms with E-state index < -0.39 is 0 Å². The number of aromatic nitrogens is 1. The van der Waals surface area contributed by atoms with Crippen LogP contribution in [0.3, 0.4) is 0 Å². The minimum Gasteiger partial charge on any atom is -0.436 e. The molecule has 0 aliphatic carbocycles. The summed E-state index contributed by atoms with van der Waals surface area (Å²) in [4.78, 5) is 16.7. The third-order valence-electron chi connectivity index (χ3n) is 3.15. The lowest BCUT2D eigenvalue weighted by Crippen LogP contribution is -2.14. The molecule has 1 aromatic heterocycles. The van der Waals surface area contributed by atoms with Crippen LogP contribution in [0.4, 0.5) is 5.69 Å². The summed E-state index contributed by atoms with van der Waals surface area (Å²) >= 11 is 0. The molecule has 1 heterocycles. The zero-order valence-electron chi connectivity index (χ0n) is 12.6. The Balaban J connectivity index is 2.31. The highest BCUT2D eigenvalue weighted by molar-refractivity contribution is 6.03. The molecule has 0 aliphatic rings. The highest BCUT2D eigenvalue weighted by atomic mass is 16.4. The number of benzene rings is 1. The van der Waals surface area contributed by atoms with E-state index in [1.54, 1.807) is 6.92 Å². The van der Waals surface area contributed by atoms with Gasteiger partial charge in [0.15, 0.2) is 5.89 Å². The smallest absolute Gasteiger partial charge is 0.293 e. The van der Waals surface area contributed by atoms with E-state index in [9.17, 15) is 4.79 Å². The predicted molar refractivity (Wildman–Crippen MR) is 79.2 cm³/mol. The lowest BCUT2D eigenvalue weighted by atomic mass is 10.1. The number of carbonyl (C=O) groups excluding carboxylic acids is 1. The molecule has 1 N–H and O–H groups in total. The topological polar surface area (TPSA) is 55.1 Å². The summed E-state index contributed by atoms with van der Waals surface area (Å²) < 4.78 is 5.46. The summed E-state index contributed by atoms with van der Waals surface area (Å²) in [5.74, 6) is 0.716. The first kappa shape index (κ1) is 14.3. The minimum atomic E-state index is -0.247. The second-order valence-electron chi connectivity index (χ2n) is 5.37. The number of nitrogens with one attached hydrogen (secondary N) is 1. The highest BCUT2D eigenvalue weighted by Crippen LogP contribution is 2.22. The number of carbonyl (C=O) groups is 1. The number of oxazole rings is 1. The molecule has 4 heteroatoms. The Hall–Kier alpha value is -2.10. The number of rotatable bonds is 3. The van der Waals surface area contributed by atoms with Crippen LogP contribution in [0.1, 0.15) is 53.0 Å². The second kappa shape index (κ2) is 5.49. The van der Waals surface area contributed by atoms with Crippen molar-refractivity contribution < 1.29 is 9.21 Å². The molecular formula is C16H20N2O2. The highest BCUT2D eigenvalue weighted by Gasteiger charge is 2.21. The van der Waals surface area contributed by atoms with Crippen LogP contribution in [-0.4, -0.2) is 10.9 Å². The number of hydrogen-bond acceptors (Lipinski definition) is 3. The van der Waals surface area contributed by atoms with Gasteiger partial charge >= 0.3 is 0 Å². The van der Waals surface area contributed by atoms with E-state index in [1.165, 1.54) is 0 Å². The van der Waals surface area contributed by atoms with Gasteiger partial charge in [0, 0.05) is 12.6 Å². The number of nitrogens with zero attached hydrogens (tertiary/aromatic N) is 1. The van der Waals surface area contributed by atoms with Crippen molar-refractivity contribution in [3.05, 3.63) is 46.7 Å². The maximum absolute atomic E-state index is 12.4. The summed E-state index contributed by atoms with van der Waals surface area (Å²) in [5.41, 5.74) is 3.62. The van der Waals surface area contributed by atoms with Crippen LogP contribution in [0.25, 0.3) is 0 Å². The van der Waals surface area contributed by atoms with Crippen LogP contribution >= 0.6 is 0 Å². The molecule has 106 valence electrons. The maximum Gasteiger partial charge on any atom is 0.293 e. The molecule has 2 aromatic rings. The van der Waals surface area contributed by atoms with E-state index >= 15 is 0 Å². The van der Waals surface area contributed by atoms with E-state index in [1.807, 2.05) is 45.9 Å². The Bertz CT molecular complexity index is 642. The first-order valence-corrected chi connectivity index (χ1v) is 6.74. The van der Waals surface area contributed by atoms with Crippen molar-refractivity contribution in [1.82, 2.24) is 4.98 Å². The quantitative estimate of drug-likeness (QED) is 0.919. The summed E-state index contributed by atoms with van der Waals surface area (Å²) in [7, 11) is 0. The minimum absolute atomic E-state index is 0.145. The summed E-state index contributed by atoms with van der Waals surface area (Å²) in [6.45, 7) is 9.69. The number of aryl methyl sites for hydroxylation is 3. The number of hydrogen-bond donors (Lipinski definition) is 1. The van der Waals surface area contributed by atoms with E-state index in [-0.39, 0.29) is 11.8 Å². The third-order valence-corrected chi connectivity index (χ3v) is 3.15. The Morgan fingerprint density at radius 2 is 1.95 bits per heavy atom. The average Bonchev–Trinajstić information content (AvgIpc) is 2.76. The second-order valence-corrected chi connectivity index (χ2v) is 5.37. The van der Waals surface area contributed by atoms with Crippen molar-refractivity contribution in [3.63, 3.8) is 0 Å². The molecule has 0 aliphatic heterocycles. The van der Waals surface area contributed by atoms with Crippen molar-refractivity contribution in [2.75, 3.05) is 5.32 Å². The molecule has 0 saturated heterocycles. The van der Waals surface area contributed by atoms with Crippen molar-refractivity contribution >= 4 is 11.6 Å². The molecule has 1 amide bonds. The molecule has 0 saturated carbocycles. The first-order chi connectivity index (χ1) is 9.38. The van der Waals surface area contributed by atoms with E-state index in [4.69, 9.17) is 4.42 Å². The van der Waals surface area contributed by atoms with Gasteiger partial charge in [-0.15, -0.1) is 0 Å². The lowest BCUT2D eigenvalue weighted by molar-refractivity contribution is 0.0993. The van der Waals surface area contributed by atoms with Crippen LogP contribution < -0.4 is 5.32 Å². The normalized spacial score (nSPS) is 10.9. The Morgan fingerprint density at radius 3 is 2.60 bits per heavy atom. The van der Waals surface area contributed by atoms with Gasteiger partial charge in [-0.25, -0.2) is 4.98 Å². The van der Waals surface area contributed by atoms with Gasteiger partial charge in [0.05, 0.1) is 5.69 Å².